The Balaban J connectivity index is 4.27. The molecule has 0 radical (unpaired) electrons. The molecule has 0 aliphatic rings. The smallest absolute Gasteiger partial charge is 0.306 e. The van der Waals surface area contributed by atoms with Gasteiger partial charge in [-0.2, -0.15) is 0 Å². The van der Waals surface area contributed by atoms with Gasteiger partial charge in [-0.25, -0.2) is 0 Å². The Labute approximate surface area is 434 Å². The van der Waals surface area contributed by atoms with Crippen molar-refractivity contribution in [3.8, 4) is 0 Å². The maximum Gasteiger partial charge on any atom is 0.306 e. The second-order valence-corrected chi connectivity index (χ2v) is 19.5. The van der Waals surface area contributed by atoms with Crippen molar-refractivity contribution in [1.82, 2.24) is 0 Å². The summed E-state index contributed by atoms with van der Waals surface area (Å²) in [6.45, 7) is 4.48. The summed E-state index contributed by atoms with van der Waals surface area (Å²) in [6.07, 6.45) is 68.5. The fraction of sp³-hybridized carbons (Fsp3) is 0.661. The fourth-order valence-corrected chi connectivity index (χ4v) is 7.26. The molecule has 0 aromatic heterocycles. The summed E-state index contributed by atoms with van der Waals surface area (Å²) in [4.78, 5) is 37.2. The molecule has 404 valence electrons. The molecule has 0 N–H and O–H groups in total. The van der Waals surface area contributed by atoms with E-state index >= 15 is 0 Å². The number of ether oxygens (including phenoxy) is 4. The normalized spacial score (nSPS) is 13.6. The third-order valence-corrected chi connectivity index (χ3v) is 11.5. The quantitative estimate of drug-likeness (QED) is 0.0195. The Morgan fingerprint density at radius 3 is 1.13 bits per heavy atom. The summed E-state index contributed by atoms with van der Waals surface area (Å²) < 4.78 is 22.6. The molecule has 0 aliphatic heterocycles. The molecule has 71 heavy (non-hydrogen) atoms. The van der Waals surface area contributed by atoms with Crippen LogP contribution < -0.4 is 5.11 Å². The van der Waals surface area contributed by atoms with Crippen LogP contribution in [0.5, 0.6) is 0 Å². The lowest BCUT2D eigenvalue weighted by Crippen LogP contribution is -2.44. The molecule has 0 heterocycles. The van der Waals surface area contributed by atoms with Crippen molar-refractivity contribution in [2.45, 2.75) is 219 Å². The molecule has 9 nitrogen and oxygen atoms in total. The molecule has 0 bridgehead atoms. The monoisotopic (exact) mass is 990 g/mol. The number of unbranched alkanes of at least 4 members (excludes halogenated alkanes) is 17. The number of rotatable bonds is 50. The van der Waals surface area contributed by atoms with Crippen LogP contribution in [-0.2, 0) is 33.3 Å². The summed E-state index contributed by atoms with van der Waals surface area (Å²) in [6, 6.07) is 0. The Kier molecular flexibility index (Phi) is 49.3. The number of aliphatic carboxylic acids is 1. The minimum atomic E-state index is -1.63. The highest BCUT2D eigenvalue weighted by molar-refractivity contribution is 5.70. The second-order valence-electron chi connectivity index (χ2n) is 19.5. The Hall–Kier alpha value is -4.05. The van der Waals surface area contributed by atoms with Gasteiger partial charge in [0, 0.05) is 12.8 Å². The van der Waals surface area contributed by atoms with Crippen molar-refractivity contribution in [3.05, 3.63) is 109 Å². The van der Waals surface area contributed by atoms with E-state index in [9.17, 15) is 19.5 Å². The third kappa shape index (κ3) is 53.6. The van der Waals surface area contributed by atoms with Crippen molar-refractivity contribution in [2.75, 3.05) is 47.5 Å². The summed E-state index contributed by atoms with van der Waals surface area (Å²) >= 11 is 0. The predicted octanol–water partition coefficient (Wildman–Crippen LogP) is 15.0. The van der Waals surface area contributed by atoms with Crippen molar-refractivity contribution < 1.29 is 42.9 Å². The van der Waals surface area contributed by atoms with Gasteiger partial charge in [-0.15, -0.1) is 0 Å². The zero-order valence-corrected chi connectivity index (χ0v) is 45.8. The number of nitrogens with zero attached hydrogens (tertiary/aromatic N) is 1. The van der Waals surface area contributed by atoms with Gasteiger partial charge in [0.05, 0.1) is 40.3 Å². The van der Waals surface area contributed by atoms with Gasteiger partial charge in [0.1, 0.15) is 13.2 Å². The number of carbonyl (C=O) groups excluding carboxylic acids is 3. The SMILES string of the molecule is CC/C=C\C/C=C\C/C=C\C/C=C\C/C=C\CCCCCCCCCCCCCCCC(=O)OC(COC(=O)CCCCCC/C=C\C/C=C\C/C=C\C/C=C\CC)COC(OCC[N+](C)(C)C)C(=O)[O-]. The number of allylic oxidation sites excluding steroid dienone is 18. The number of hydrogen-bond donors (Lipinski definition) is 0. The lowest BCUT2D eigenvalue weighted by Gasteiger charge is -2.26. The van der Waals surface area contributed by atoms with E-state index in [1.807, 2.05) is 21.1 Å². The van der Waals surface area contributed by atoms with Crippen LogP contribution in [0.1, 0.15) is 206 Å². The maximum atomic E-state index is 12.9. The standard InChI is InChI=1S/C62H103NO8/c1-6-8-10-12-14-16-18-20-22-24-25-26-27-28-29-30-31-32-33-34-35-37-39-41-43-45-47-49-51-53-60(65)71-58(57-70-62(61(66)67)68-55-54-63(3,4)5)56-69-59(64)52-50-48-46-44-42-40-38-36-23-21-19-17-15-13-11-9-7-2/h8-11,14-17,20-23,25-26,28-29,38,40,58,62H,6-7,12-13,18-19,24,27,30-37,39,41-57H2,1-5H3/b10-8-,11-9-,16-14-,17-15-,22-20-,23-21-,26-25-,29-28-,40-38-. The van der Waals surface area contributed by atoms with E-state index in [-0.39, 0.29) is 38.6 Å². The number of carboxylic acid groups (broad SMARTS) is 1. The van der Waals surface area contributed by atoms with E-state index in [0.717, 1.165) is 103 Å². The van der Waals surface area contributed by atoms with Gasteiger partial charge in [-0.1, -0.05) is 207 Å². The van der Waals surface area contributed by atoms with Crippen LogP contribution in [0.15, 0.2) is 109 Å². The minimum Gasteiger partial charge on any atom is -0.545 e. The van der Waals surface area contributed by atoms with E-state index in [0.29, 0.717) is 23.9 Å². The Morgan fingerprint density at radius 1 is 0.423 bits per heavy atom. The lowest BCUT2D eigenvalue weighted by molar-refractivity contribution is -0.870. The Bertz CT molecular complexity index is 1530. The van der Waals surface area contributed by atoms with Gasteiger partial charge in [-0.05, 0) is 96.3 Å². The van der Waals surface area contributed by atoms with E-state index in [1.54, 1.807) is 0 Å². The van der Waals surface area contributed by atoms with Crippen molar-refractivity contribution in [1.29, 1.82) is 0 Å². The number of quaternary nitrogens is 1. The van der Waals surface area contributed by atoms with Crippen LogP contribution in [-0.4, -0.2) is 82.3 Å². The summed E-state index contributed by atoms with van der Waals surface area (Å²) in [5.74, 6) is -2.33. The predicted molar refractivity (Wildman–Crippen MR) is 297 cm³/mol. The summed E-state index contributed by atoms with van der Waals surface area (Å²) in [5, 5.41) is 11.8. The number of likely N-dealkylation sites (N-methyl/N-ethyl adjacent to an activating group) is 1. The average Bonchev–Trinajstić information content (AvgIpc) is 3.34. The molecule has 2 atom stereocenters. The number of carbonyl (C=O) groups is 3. The molecule has 0 spiro atoms. The molecule has 0 aromatic rings. The first kappa shape index (κ1) is 67.0. The molecule has 0 rings (SSSR count). The zero-order chi connectivity index (χ0) is 52.0. The number of esters is 2. The second kappa shape index (κ2) is 52.3. The topological polar surface area (TPSA) is 111 Å². The van der Waals surface area contributed by atoms with E-state index in [2.05, 4.69) is 123 Å². The fourth-order valence-electron chi connectivity index (χ4n) is 7.26. The molecule has 0 aromatic carbocycles. The summed E-state index contributed by atoms with van der Waals surface area (Å²) in [7, 11) is 5.90. The molecule has 0 saturated carbocycles. The first-order valence-corrected chi connectivity index (χ1v) is 28.0. The van der Waals surface area contributed by atoms with Gasteiger partial charge >= 0.3 is 11.9 Å². The molecule has 0 aliphatic carbocycles. The first-order chi connectivity index (χ1) is 34.6. The highest BCUT2D eigenvalue weighted by atomic mass is 16.7. The number of carboxylic acids is 1. The molecule has 0 amide bonds. The summed E-state index contributed by atoms with van der Waals surface area (Å²) in [5.41, 5.74) is 0. The number of hydrogen-bond acceptors (Lipinski definition) is 8. The largest absolute Gasteiger partial charge is 0.545 e. The highest BCUT2D eigenvalue weighted by Crippen LogP contribution is 2.15. The van der Waals surface area contributed by atoms with Gasteiger partial charge in [0.2, 0.25) is 0 Å². The van der Waals surface area contributed by atoms with E-state index < -0.39 is 24.3 Å². The van der Waals surface area contributed by atoms with Crippen molar-refractivity contribution >= 4 is 17.9 Å². The molecule has 0 saturated heterocycles. The van der Waals surface area contributed by atoms with E-state index in [4.69, 9.17) is 18.9 Å². The van der Waals surface area contributed by atoms with Gasteiger partial charge in [-0.3, -0.25) is 9.59 Å². The van der Waals surface area contributed by atoms with Crippen LogP contribution in [0.25, 0.3) is 0 Å². The zero-order valence-electron chi connectivity index (χ0n) is 45.8. The average molecular weight is 991 g/mol. The van der Waals surface area contributed by atoms with Crippen LogP contribution in [0, 0.1) is 0 Å². The molecule has 9 heteroatoms. The molecule has 2 unspecified atom stereocenters. The minimum absolute atomic E-state index is 0.138. The Morgan fingerprint density at radius 2 is 0.761 bits per heavy atom. The first-order valence-electron chi connectivity index (χ1n) is 28.0. The highest BCUT2D eigenvalue weighted by Gasteiger charge is 2.22. The van der Waals surface area contributed by atoms with Gasteiger partial charge in [0.25, 0.3) is 0 Å². The maximum absolute atomic E-state index is 12.9. The van der Waals surface area contributed by atoms with E-state index in [1.165, 1.54) is 64.2 Å². The van der Waals surface area contributed by atoms with Crippen molar-refractivity contribution in [2.24, 2.45) is 0 Å². The van der Waals surface area contributed by atoms with Gasteiger partial charge in [0.15, 0.2) is 12.4 Å². The third-order valence-electron chi connectivity index (χ3n) is 11.5. The van der Waals surface area contributed by atoms with Crippen LogP contribution in [0.3, 0.4) is 0 Å². The molecular weight excluding hydrogens is 887 g/mol. The molecule has 0 fully saturated rings. The lowest BCUT2D eigenvalue weighted by atomic mass is 10.0. The molecular formula is C62H103NO8. The van der Waals surface area contributed by atoms with Crippen LogP contribution in [0.4, 0.5) is 0 Å². The van der Waals surface area contributed by atoms with Gasteiger partial charge < -0.3 is 33.3 Å². The van der Waals surface area contributed by atoms with Crippen LogP contribution in [0.2, 0.25) is 0 Å². The van der Waals surface area contributed by atoms with Crippen LogP contribution >= 0.6 is 0 Å². The van der Waals surface area contributed by atoms with Crippen molar-refractivity contribution in [3.63, 3.8) is 0 Å².